The quantitative estimate of drug-likeness (QED) is 0.682. The molecule has 1 heterocycles. The topological polar surface area (TPSA) is 59.1 Å². The lowest BCUT2D eigenvalue weighted by atomic mass is 10.0. The molecule has 1 rings (SSSR count). The van der Waals surface area contributed by atoms with Crippen LogP contribution in [0.2, 0.25) is 0 Å². The molecule has 0 bridgehead atoms. The summed E-state index contributed by atoms with van der Waals surface area (Å²) in [5, 5.41) is 9.21. The van der Waals surface area contributed by atoms with Crippen molar-refractivity contribution in [1.29, 1.82) is 0 Å². The molecule has 0 aromatic carbocycles. The number of aliphatic hydroxyl groups excluding tert-OH is 1. The minimum Gasteiger partial charge on any atom is -0.391 e. The summed E-state index contributed by atoms with van der Waals surface area (Å²) < 4.78 is 0. The van der Waals surface area contributed by atoms with Crippen molar-refractivity contribution in [2.75, 3.05) is 0 Å². The van der Waals surface area contributed by atoms with Gasteiger partial charge in [-0.15, -0.1) is 0 Å². The van der Waals surface area contributed by atoms with Gasteiger partial charge in [0.15, 0.2) is 0 Å². The molecular formula is C9H14N2O. The molecule has 12 heavy (non-hydrogen) atoms. The molecule has 2 atom stereocenters. The van der Waals surface area contributed by atoms with Crippen LogP contribution in [0.3, 0.4) is 0 Å². The van der Waals surface area contributed by atoms with Crippen LogP contribution in [0.4, 0.5) is 0 Å². The van der Waals surface area contributed by atoms with E-state index in [1.165, 1.54) is 0 Å². The van der Waals surface area contributed by atoms with Crippen molar-refractivity contribution in [3.8, 4) is 0 Å². The molecule has 3 N–H and O–H groups in total. The predicted molar refractivity (Wildman–Crippen MR) is 47.6 cm³/mol. The van der Waals surface area contributed by atoms with E-state index < -0.39 is 6.10 Å². The monoisotopic (exact) mass is 166 g/mol. The zero-order chi connectivity index (χ0) is 9.14. The third-order valence-electron chi connectivity index (χ3n) is 1.80. The Bertz CT molecular complexity index is 260. The standard InChI is InChI=1S/C9H14N2O/c1-6-3-8(5-11-4-6)9(10)7(2)12/h3-5,7,9,12H,10H2,1-2H3. The number of aromatic nitrogens is 1. The first-order valence-electron chi connectivity index (χ1n) is 3.96. The van der Waals surface area contributed by atoms with E-state index in [0.29, 0.717) is 0 Å². The molecule has 3 heteroatoms. The van der Waals surface area contributed by atoms with Gasteiger partial charge in [0.1, 0.15) is 0 Å². The van der Waals surface area contributed by atoms with Crippen molar-refractivity contribution in [1.82, 2.24) is 4.98 Å². The molecule has 1 aromatic heterocycles. The maximum absolute atomic E-state index is 9.21. The first-order chi connectivity index (χ1) is 5.61. The minimum atomic E-state index is -0.534. The van der Waals surface area contributed by atoms with E-state index in [2.05, 4.69) is 4.98 Å². The summed E-state index contributed by atoms with van der Waals surface area (Å²) in [5.74, 6) is 0. The van der Waals surface area contributed by atoms with Gasteiger partial charge < -0.3 is 10.8 Å². The van der Waals surface area contributed by atoms with E-state index in [1.54, 1.807) is 19.3 Å². The van der Waals surface area contributed by atoms with Gasteiger partial charge in [-0.25, -0.2) is 0 Å². The Morgan fingerprint density at radius 2 is 2.17 bits per heavy atom. The Morgan fingerprint density at radius 1 is 1.50 bits per heavy atom. The second-order valence-electron chi connectivity index (χ2n) is 3.06. The average molecular weight is 166 g/mol. The van der Waals surface area contributed by atoms with Crippen molar-refractivity contribution < 1.29 is 5.11 Å². The van der Waals surface area contributed by atoms with E-state index in [4.69, 9.17) is 5.73 Å². The van der Waals surface area contributed by atoms with Gasteiger partial charge in [0.05, 0.1) is 12.1 Å². The van der Waals surface area contributed by atoms with Gasteiger partial charge in [0.25, 0.3) is 0 Å². The lowest BCUT2D eigenvalue weighted by Crippen LogP contribution is -2.23. The summed E-state index contributed by atoms with van der Waals surface area (Å²) in [6.07, 6.45) is 2.91. The highest BCUT2D eigenvalue weighted by atomic mass is 16.3. The van der Waals surface area contributed by atoms with Crippen LogP contribution in [0, 0.1) is 6.92 Å². The van der Waals surface area contributed by atoms with Crippen LogP contribution < -0.4 is 5.73 Å². The SMILES string of the molecule is Cc1cncc(C(N)C(C)O)c1. The highest BCUT2D eigenvalue weighted by Crippen LogP contribution is 2.13. The Morgan fingerprint density at radius 3 is 2.67 bits per heavy atom. The number of aryl methyl sites for hydroxylation is 1. The maximum atomic E-state index is 9.21. The smallest absolute Gasteiger partial charge is 0.0705 e. The van der Waals surface area contributed by atoms with Gasteiger partial charge in [-0.2, -0.15) is 0 Å². The van der Waals surface area contributed by atoms with E-state index in [9.17, 15) is 5.11 Å². The van der Waals surface area contributed by atoms with Gasteiger partial charge in [0.2, 0.25) is 0 Å². The van der Waals surface area contributed by atoms with Crippen LogP contribution in [0.25, 0.3) is 0 Å². The Hall–Kier alpha value is -0.930. The maximum Gasteiger partial charge on any atom is 0.0705 e. The third-order valence-corrected chi connectivity index (χ3v) is 1.80. The molecule has 66 valence electrons. The number of rotatable bonds is 2. The number of hydrogen-bond acceptors (Lipinski definition) is 3. The number of hydrogen-bond donors (Lipinski definition) is 2. The Balaban J connectivity index is 2.88. The minimum absolute atomic E-state index is 0.336. The normalized spacial score (nSPS) is 15.7. The second kappa shape index (κ2) is 3.65. The van der Waals surface area contributed by atoms with E-state index >= 15 is 0 Å². The second-order valence-corrected chi connectivity index (χ2v) is 3.06. The first kappa shape index (κ1) is 9.16. The fraction of sp³-hybridized carbons (Fsp3) is 0.444. The highest BCUT2D eigenvalue weighted by molar-refractivity contribution is 5.20. The molecule has 0 spiro atoms. The van der Waals surface area contributed by atoms with E-state index in [0.717, 1.165) is 11.1 Å². The molecule has 0 aliphatic rings. The Labute approximate surface area is 72.2 Å². The number of nitrogens with two attached hydrogens (primary N) is 1. The summed E-state index contributed by atoms with van der Waals surface area (Å²) in [6, 6.07) is 1.60. The van der Waals surface area contributed by atoms with Gasteiger partial charge >= 0.3 is 0 Å². The molecule has 0 saturated heterocycles. The molecular weight excluding hydrogens is 152 g/mol. The fourth-order valence-electron chi connectivity index (χ4n) is 1.04. The zero-order valence-electron chi connectivity index (χ0n) is 7.36. The van der Waals surface area contributed by atoms with Crippen molar-refractivity contribution in [3.63, 3.8) is 0 Å². The predicted octanol–water partition coefficient (Wildman–Crippen LogP) is 0.771. The van der Waals surface area contributed by atoms with Crippen molar-refractivity contribution in [3.05, 3.63) is 29.6 Å². The lowest BCUT2D eigenvalue weighted by molar-refractivity contribution is 0.164. The van der Waals surface area contributed by atoms with Gasteiger partial charge in [-0.3, -0.25) is 4.98 Å². The van der Waals surface area contributed by atoms with E-state index in [1.807, 2.05) is 13.0 Å². The first-order valence-corrected chi connectivity index (χ1v) is 3.96. The molecule has 3 nitrogen and oxygen atoms in total. The summed E-state index contributed by atoms with van der Waals surface area (Å²) in [7, 11) is 0. The lowest BCUT2D eigenvalue weighted by Gasteiger charge is -2.14. The Kier molecular flexibility index (Phi) is 2.78. The molecule has 0 amide bonds. The van der Waals surface area contributed by atoms with Crippen LogP contribution in [-0.2, 0) is 0 Å². The van der Waals surface area contributed by atoms with Crippen molar-refractivity contribution >= 4 is 0 Å². The van der Waals surface area contributed by atoms with Crippen molar-refractivity contribution in [2.45, 2.75) is 26.0 Å². The fourth-order valence-corrected chi connectivity index (χ4v) is 1.04. The van der Waals surface area contributed by atoms with Crippen LogP contribution in [0.1, 0.15) is 24.1 Å². The van der Waals surface area contributed by atoms with Crippen molar-refractivity contribution in [2.24, 2.45) is 5.73 Å². The summed E-state index contributed by atoms with van der Waals surface area (Å²) in [5.41, 5.74) is 7.66. The van der Waals surface area contributed by atoms with Gasteiger partial charge in [-0.05, 0) is 25.0 Å². The summed E-state index contributed by atoms with van der Waals surface area (Å²) in [4.78, 5) is 4.00. The van der Waals surface area contributed by atoms with Crippen LogP contribution in [0.15, 0.2) is 18.5 Å². The third kappa shape index (κ3) is 2.03. The summed E-state index contributed by atoms with van der Waals surface area (Å²) >= 11 is 0. The molecule has 0 radical (unpaired) electrons. The number of pyridine rings is 1. The largest absolute Gasteiger partial charge is 0.391 e. The van der Waals surface area contributed by atoms with Crippen LogP contribution in [-0.4, -0.2) is 16.2 Å². The molecule has 0 aliphatic carbocycles. The number of nitrogens with zero attached hydrogens (tertiary/aromatic N) is 1. The van der Waals surface area contributed by atoms with Gasteiger partial charge in [0, 0.05) is 12.4 Å². The molecule has 2 unspecified atom stereocenters. The van der Waals surface area contributed by atoms with Gasteiger partial charge in [-0.1, -0.05) is 6.07 Å². The number of aliphatic hydroxyl groups is 1. The molecule has 0 fully saturated rings. The molecule has 1 aromatic rings. The highest BCUT2D eigenvalue weighted by Gasteiger charge is 2.11. The summed E-state index contributed by atoms with van der Waals surface area (Å²) in [6.45, 7) is 3.62. The molecule has 0 aliphatic heterocycles. The van der Waals surface area contributed by atoms with Crippen LogP contribution in [0.5, 0.6) is 0 Å². The van der Waals surface area contributed by atoms with E-state index in [-0.39, 0.29) is 6.04 Å². The average Bonchev–Trinajstić information content (AvgIpc) is 2.03. The van der Waals surface area contributed by atoms with Crippen LogP contribution >= 0.6 is 0 Å². The zero-order valence-corrected chi connectivity index (χ0v) is 7.36. The molecule has 0 saturated carbocycles.